The van der Waals surface area contributed by atoms with E-state index in [2.05, 4.69) is 21.7 Å². The Balaban J connectivity index is 0.00000242. The van der Waals surface area contributed by atoms with E-state index in [1.165, 1.54) is 10.4 Å². The van der Waals surface area contributed by atoms with Gasteiger partial charge < -0.3 is 11.1 Å². The van der Waals surface area contributed by atoms with Crippen LogP contribution in [0.5, 0.6) is 0 Å². The molecule has 0 aromatic carbocycles. The van der Waals surface area contributed by atoms with Crippen LogP contribution in [0.15, 0.2) is 11.4 Å². The van der Waals surface area contributed by atoms with Gasteiger partial charge in [0.05, 0.1) is 0 Å². The van der Waals surface area contributed by atoms with Gasteiger partial charge >= 0.3 is 0 Å². The predicted octanol–water partition coefficient (Wildman–Crippen LogP) is 2.98. The summed E-state index contributed by atoms with van der Waals surface area (Å²) < 4.78 is 0. The van der Waals surface area contributed by atoms with Crippen LogP contribution in [0.1, 0.15) is 42.5 Å². The molecule has 1 aromatic rings. The number of nitrogens with zero attached hydrogens (tertiary/aromatic N) is 1. The molecule has 7 heteroatoms. The molecular formula is C16H29Cl2N3OS. The summed E-state index contributed by atoms with van der Waals surface area (Å²) in [5.41, 5.74) is 6.92. The van der Waals surface area contributed by atoms with Crippen LogP contribution >= 0.6 is 36.2 Å². The van der Waals surface area contributed by atoms with E-state index in [1.54, 1.807) is 0 Å². The topological polar surface area (TPSA) is 58.4 Å². The van der Waals surface area contributed by atoms with Gasteiger partial charge in [-0.3, -0.25) is 9.69 Å². The number of fused-ring (bicyclic) bond motifs is 1. The molecule has 3 N–H and O–H groups in total. The number of hydrogen-bond donors (Lipinski definition) is 2. The molecule has 0 saturated heterocycles. The summed E-state index contributed by atoms with van der Waals surface area (Å²) >= 11 is 1.87. The van der Waals surface area contributed by atoms with Crippen LogP contribution in [-0.4, -0.2) is 37.0 Å². The van der Waals surface area contributed by atoms with Crippen molar-refractivity contribution in [1.82, 2.24) is 10.2 Å². The van der Waals surface area contributed by atoms with E-state index in [0.29, 0.717) is 6.42 Å². The highest BCUT2D eigenvalue weighted by atomic mass is 35.5. The first-order valence-corrected chi connectivity index (χ1v) is 8.92. The molecule has 0 atom stereocenters. The average molecular weight is 382 g/mol. The maximum absolute atomic E-state index is 11.7. The summed E-state index contributed by atoms with van der Waals surface area (Å²) in [5, 5.41) is 5.22. The highest BCUT2D eigenvalue weighted by Gasteiger charge is 2.16. The van der Waals surface area contributed by atoms with Crippen molar-refractivity contribution in [3.05, 3.63) is 21.9 Å². The number of amides is 1. The van der Waals surface area contributed by atoms with Crippen molar-refractivity contribution < 1.29 is 4.79 Å². The van der Waals surface area contributed by atoms with Crippen molar-refractivity contribution in [2.24, 2.45) is 5.73 Å². The zero-order valence-electron chi connectivity index (χ0n) is 13.6. The Hall–Kier alpha value is -0.330. The molecule has 2 heterocycles. The zero-order valence-corrected chi connectivity index (χ0v) is 16.0. The molecule has 0 bridgehead atoms. The molecule has 0 radical (unpaired) electrons. The molecule has 1 aliphatic rings. The second-order valence-electron chi connectivity index (χ2n) is 5.70. The SMILES string of the molecule is Cl.Cl.NCCCCCCC(=O)NCCN1CCc2sccc2C1. The molecule has 134 valence electrons. The fourth-order valence-corrected chi connectivity index (χ4v) is 3.61. The van der Waals surface area contributed by atoms with Crippen molar-refractivity contribution >= 4 is 42.1 Å². The number of halogens is 2. The number of hydrogen-bond acceptors (Lipinski definition) is 4. The van der Waals surface area contributed by atoms with E-state index >= 15 is 0 Å². The second-order valence-corrected chi connectivity index (χ2v) is 6.70. The van der Waals surface area contributed by atoms with Crippen LogP contribution in [0.2, 0.25) is 0 Å². The molecule has 0 fully saturated rings. The predicted molar refractivity (Wildman–Crippen MR) is 103 cm³/mol. The smallest absolute Gasteiger partial charge is 0.220 e. The molecule has 1 aliphatic heterocycles. The molecule has 23 heavy (non-hydrogen) atoms. The number of nitrogens with one attached hydrogen (secondary N) is 1. The van der Waals surface area contributed by atoms with Crippen LogP contribution < -0.4 is 11.1 Å². The van der Waals surface area contributed by atoms with Gasteiger partial charge in [-0.2, -0.15) is 0 Å². The third kappa shape index (κ3) is 8.36. The molecular weight excluding hydrogens is 353 g/mol. The summed E-state index contributed by atoms with van der Waals surface area (Å²) in [4.78, 5) is 15.7. The summed E-state index contributed by atoms with van der Waals surface area (Å²) in [7, 11) is 0. The van der Waals surface area contributed by atoms with Gasteiger partial charge in [-0.1, -0.05) is 12.8 Å². The van der Waals surface area contributed by atoms with Crippen molar-refractivity contribution in [3.8, 4) is 0 Å². The fourth-order valence-electron chi connectivity index (χ4n) is 2.72. The Morgan fingerprint density at radius 1 is 1.26 bits per heavy atom. The largest absolute Gasteiger partial charge is 0.355 e. The van der Waals surface area contributed by atoms with Crippen molar-refractivity contribution in [2.75, 3.05) is 26.2 Å². The van der Waals surface area contributed by atoms with E-state index in [-0.39, 0.29) is 30.7 Å². The number of rotatable bonds is 9. The summed E-state index contributed by atoms with van der Waals surface area (Å²) in [6.45, 7) is 4.62. The lowest BCUT2D eigenvalue weighted by Gasteiger charge is -2.26. The Bertz CT molecular complexity index is 443. The minimum atomic E-state index is 0. The lowest BCUT2D eigenvalue weighted by atomic mass is 10.1. The molecule has 2 rings (SSSR count). The maximum Gasteiger partial charge on any atom is 0.220 e. The first-order valence-electron chi connectivity index (χ1n) is 8.04. The first kappa shape index (κ1) is 22.7. The van der Waals surface area contributed by atoms with Crippen LogP contribution in [0.4, 0.5) is 0 Å². The number of nitrogens with two attached hydrogens (primary N) is 1. The number of carbonyl (C=O) groups is 1. The Morgan fingerprint density at radius 2 is 2.04 bits per heavy atom. The zero-order chi connectivity index (χ0) is 14.9. The van der Waals surface area contributed by atoms with Crippen LogP contribution in [0, 0.1) is 0 Å². The normalized spacial score (nSPS) is 13.6. The minimum absolute atomic E-state index is 0. The van der Waals surface area contributed by atoms with Crippen LogP contribution in [0.3, 0.4) is 0 Å². The van der Waals surface area contributed by atoms with Crippen molar-refractivity contribution in [2.45, 2.75) is 45.1 Å². The highest BCUT2D eigenvalue weighted by Crippen LogP contribution is 2.23. The number of carbonyl (C=O) groups excluding carboxylic acids is 1. The highest BCUT2D eigenvalue weighted by molar-refractivity contribution is 7.10. The van der Waals surface area contributed by atoms with E-state index in [1.807, 2.05) is 11.3 Å². The summed E-state index contributed by atoms with van der Waals surface area (Å²) in [6.07, 6.45) is 6.11. The third-order valence-electron chi connectivity index (χ3n) is 3.99. The van der Waals surface area contributed by atoms with Gasteiger partial charge in [-0.15, -0.1) is 36.2 Å². The number of thiophene rings is 1. The molecule has 1 aromatic heterocycles. The second kappa shape index (κ2) is 13.0. The molecule has 0 unspecified atom stereocenters. The molecule has 0 aliphatic carbocycles. The third-order valence-corrected chi connectivity index (χ3v) is 5.02. The molecule has 4 nitrogen and oxygen atoms in total. The first-order chi connectivity index (χ1) is 10.3. The van der Waals surface area contributed by atoms with Gasteiger partial charge in [0, 0.05) is 37.5 Å². The fraction of sp³-hybridized carbons (Fsp3) is 0.688. The monoisotopic (exact) mass is 381 g/mol. The van der Waals surface area contributed by atoms with E-state index in [4.69, 9.17) is 5.73 Å². The van der Waals surface area contributed by atoms with Gasteiger partial charge in [0.15, 0.2) is 0 Å². The summed E-state index contributed by atoms with van der Waals surface area (Å²) in [6, 6.07) is 2.23. The van der Waals surface area contributed by atoms with Gasteiger partial charge in [0.25, 0.3) is 0 Å². The molecule has 0 spiro atoms. The number of unbranched alkanes of at least 4 members (excludes halogenated alkanes) is 3. The van der Waals surface area contributed by atoms with Gasteiger partial charge in [0.2, 0.25) is 5.91 Å². The quantitative estimate of drug-likeness (QED) is 0.646. The lowest BCUT2D eigenvalue weighted by molar-refractivity contribution is -0.121. The maximum atomic E-state index is 11.7. The van der Waals surface area contributed by atoms with Gasteiger partial charge in [0.1, 0.15) is 0 Å². The van der Waals surface area contributed by atoms with E-state index in [9.17, 15) is 4.79 Å². The summed E-state index contributed by atoms with van der Waals surface area (Å²) in [5.74, 6) is 0.191. The van der Waals surface area contributed by atoms with Crippen LogP contribution in [0.25, 0.3) is 0 Å². The molecule has 0 saturated carbocycles. The van der Waals surface area contributed by atoms with Gasteiger partial charge in [-0.05, 0) is 42.8 Å². The standard InChI is InChI=1S/C16H27N3OS.2ClH/c17-8-4-2-1-3-5-16(20)18-9-11-19-10-6-15-14(13-19)7-12-21-15;;/h7,12H,1-6,8-11,13,17H2,(H,18,20);2*1H. The molecule has 1 amide bonds. The minimum Gasteiger partial charge on any atom is -0.355 e. The van der Waals surface area contributed by atoms with E-state index < -0.39 is 0 Å². The Labute approximate surface area is 156 Å². The van der Waals surface area contributed by atoms with Gasteiger partial charge in [-0.25, -0.2) is 0 Å². The van der Waals surface area contributed by atoms with Crippen molar-refractivity contribution in [3.63, 3.8) is 0 Å². The Kier molecular flexibility index (Phi) is 12.8. The van der Waals surface area contributed by atoms with Crippen LogP contribution in [-0.2, 0) is 17.8 Å². The lowest BCUT2D eigenvalue weighted by Crippen LogP contribution is -2.37. The van der Waals surface area contributed by atoms with Crippen molar-refractivity contribution in [1.29, 1.82) is 0 Å². The average Bonchev–Trinajstić information content (AvgIpc) is 2.94. The Morgan fingerprint density at radius 3 is 2.83 bits per heavy atom. The van der Waals surface area contributed by atoms with E-state index in [0.717, 1.165) is 64.8 Å².